The molecule has 0 amide bonds. The maximum atomic E-state index is 5.73. The van der Waals surface area contributed by atoms with Gasteiger partial charge in [0.25, 0.3) is 5.89 Å². The molecule has 0 bridgehead atoms. The largest absolute Gasteiger partial charge is 0.493 e. The van der Waals surface area contributed by atoms with E-state index >= 15 is 0 Å². The Morgan fingerprint density at radius 3 is 2.50 bits per heavy atom. The van der Waals surface area contributed by atoms with Gasteiger partial charge in [-0.3, -0.25) is 0 Å². The maximum Gasteiger partial charge on any atom is 0.264 e. The number of pyridine rings is 1. The van der Waals surface area contributed by atoms with Crippen molar-refractivity contribution in [3.05, 3.63) is 36.4 Å². The lowest BCUT2D eigenvalue weighted by atomic mass is 10.1. The van der Waals surface area contributed by atoms with E-state index < -0.39 is 0 Å². The van der Waals surface area contributed by atoms with Crippen molar-refractivity contribution in [2.75, 3.05) is 27.1 Å². The minimum atomic E-state index is 0.0541. The number of methoxy groups -OCH3 is 3. The first kappa shape index (κ1) is 17.3. The third-order valence-electron chi connectivity index (χ3n) is 3.56. The number of nitrogen functional groups attached to an aromatic ring is 1. The lowest BCUT2D eigenvalue weighted by molar-refractivity contribution is 0.243. The van der Waals surface area contributed by atoms with E-state index in [0.717, 1.165) is 0 Å². The molecule has 0 spiro atoms. The predicted octanol–water partition coefficient (Wildman–Crippen LogP) is 2.32. The Labute approximate surface area is 149 Å². The smallest absolute Gasteiger partial charge is 0.264 e. The molecule has 2 N–H and O–H groups in total. The molecular weight excluding hydrogens is 340 g/mol. The number of ether oxygens (including phenoxy) is 4. The normalized spacial score (nSPS) is 10.4. The van der Waals surface area contributed by atoms with Gasteiger partial charge < -0.3 is 29.2 Å². The fourth-order valence-corrected chi connectivity index (χ4v) is 2.36. The van der Waals surface area contributed by atoms with Crippen molar-refractivity contribution < 1.29 is 23.5 Å². The third-order valence-corrected chi connectivity index (χ3v) is 3.56. The fraction of sp³-hybridized carbons (Fsp3) is 0.235. The summed E-state index contributed by atoms with van der Waals surface area (Å²) >= 11 is 0. The number of rotatable bonds is 7. The molecule has 26 heavy (non-hydrogen) atoms. The third kappa shape index (κ3) is 3.32. The Balaban J connectivity index is 1.85. The van der Waals surface area contributed by atoms with E-state index in [1.165, 1.54) is 14.2 Å². The molecule has 9 heteroatoms. The van der Waals surface area contributed by atoms with Crippen LogP contribution in [0.2, 0.25) is 0 Å². The van der Waals surface area contributed by atoms with Crippen LogP contribution in [0.4, 0.5) is 5.82 Å². The highest BCUT2D eigenvalue weighted by Crippen LogP contribution is 2.43. The van der Waals surface area contributed by atoms with E-state index in [-0.39, 0.29) is 18.3 Å². The highest BCUT2D eigenvalue weighted by molar-refractivity contribution is 5.72. The first-order valence-electron chi connectivity index (χ1n) is 7.63. The van der Waals surface area contributed by atoms with Crippen molar-refractivity contribution in [1.29, 1.82) is 0 Å². The van der Waals surface area contributed by atoms with Gasteiger partial charge in [0.15, 0.2) is 29.7 Å². The van der Waals surface area contributed by atoms with Gasteiger partial charge in [-0.1, -0.05) is 5.16 Å². The molecule has 2 aromatic heterocycles. The van der Waals surface area contributed by atoms with Crippen LogP contribution in [0.25, 0.3) is 11.4 Å². The molecule has 136 valence electrons. The van der Waals surface area contributed by atoms with Crippen LogP contribution in [0.3, 0.4) is 0 Å². The Hall–Kier alpha value is -3.49. The Morgan fingerprint density at radius 2 is 1.81 bits per heavy atom. The molecule has 3 rings (SSSR count). The minimum absolute atomic E-state index is 0.0541. The van der Waals surface area contributed by atoms with Crippen molar-refractivity contribution in [1.82, 2.24) is 15.1 Å². The number of benzene rings is 1. The van der Waals surface area contributed by atoms with Gasteiger partial charge in [0.05, 0.1) is 26.9 Å². The summed E-state index contributed by atoms with van der Waals surface area (Å²) < 4.78 is 26.9. The molecule has 0 radical (unpaired) electrons. The summed E-state index contributed by atoms with van der Waals surface area (Å²) in [6.07, 6.45) is 1.58. The summed E-state index contributed by atoms with van der Waals surface area (Å²) in [6.45, 7) is 0.0541. The number of anilines is 1. The van der Waals surface area contributed by atoms with E-state index in [9.17, 15) is 0 Å². The second-order valence-electron chi connectivity index (χ2n) is 5.07. The van der Waals surface area contributed by atoms with Crippen LogP contribution in [-0.4, -0.2) is 36.5 Å². The van der Waals surface area contributed by atoms with Crippen LogP contribution in [0.1, 0.15) is 5.89 Å². The second kappa shape index (κ2) is 7.60. The van der Waals surface area contributed by atoms with Crippen LogP contribution < -0.4 is 24.7 Å². The average molecular weight is 358 g/mol. The van der Waals surface area contributed by atoms with Crippen LogP contribution in [0.5, 0.6) is 23.0 Å². The molecule has 2 heterocycles. The molecule has 0 saturated carbocycles. The maximum absolute atomic E-state index is 5.73. The van der Waals surface area contributed by atoms with E-state index in [1.807, 2.05) is 0 Å². The Bertz CT molecular complexity index is 897. The van der Waals surface area contributed by atoms with Gasteiger partial charge in [-0.15, -0.1) is 0 Å². The number of hydrogen-bond donors (Lipinski definition) is 1. The van der Waals surface area contributed by atoms with E-state index in [1.54, 1.807) is 37.6 Å². The fourth-order valence-electron chi connectivity index (χ4n) is 2.36. The van der Waals surface area contributed by atoms with Gasteiger partial charge in [-0.05, 0) is 24.3 Å². The standard InChI is InChI=1S/C17H18N4O5/c1-22-11-7-6-10(14(23-2)15(11)24-3)17-20-13(26-21-17)9-25-12-5-4-8-19-16(12)18/h4-8H,9H2,1-3H3,(H2,18,19). The lowest BCUT2D eigenvalue weighted by Gasteiger charge is -2.13. The zero-order valence-corrected chi connectivity index (χ0v) is 14.6. The monoisotopic (exact) mass is 358 g/mol. The van der Waals surface area contributed by atoms with E-state index in [0.29, 0.717) is 34.4 Å². The highest BCUT2D eigenvalue weighted by atomic mass is 16.5. The SMILES string of the molecule is COc1ccc(-c2noc(COc3cccnc3N)n2)c(OC)c1OC. The molecular formula is C17H18N4O5. The van der Waals surface area contributed by atoms with Gasteiger partial charge in [-0.25, -0.2) is 4.98 Å². The molecule has 0 fully saturated rings. The molecule has 9 nitrogen and oxygen atoms in total. The van der Waals surface area contributed by atoms with Gasteiger partial charge in [0.2, 0.25) is 11.6 Å². The van der Waals surface area contributed by atoms with Gasteiger partial charge >= 0.3 is 0 Å². The van der Waals surface area contributed by atoms with Gasteiger partial charge in [-0.2, -0.15) is 4.98 Å². The zero-order chi connectivity index (χ0) is 18.5. The van der Waals surface area contributed by atoms with E-state index in [2.05, 4.69) is 15.1 Å². The van der Waals surface area contributed by atoms with Crippen LogP contribution in [-0.2, 0) is 6.61 Å². The molecule has 0 unspecified atom stereocenters. The van der Waals surface area contributed by atoms with E-state index in [4.69, 9.17) is 29.2 Å². The van der Waals surface area contributed by atoms with Crippen molar-refractivity contribution >= 4 is 5.82 Å². The van der Waals surface area contributed by atoms with Gasteiger partial charge in [0.1, 0.15) is 0 Å². The minimum Gasteiger partial charge on any atom is -0.493 e. The summed E-state index contributed by atoms with van der Waals surface area (Å²) in [5, 5.41) is 3.97. The zero-order valence-electron chi connectivity index (χ0n) is 14.6. The molecule has 0 saturated heterocycles. The highest BCUT2D eigenvalue weighted by Gasteiger charge is 2.20. The van der Waals surface area contributed by atoms with Crippen molar-refractivity contribution in [3.8, 4) is 34.4 Å². The van der Waals surface area contributed by atoms with Crippen molar-refractivity contribution in [3.63, 3.8) is 0 Å². The predicted molar refractivity (Wildman–Crippen MR) is 92.4 cm³/mol. The Morgan fingerprint density at radius 1 is 1.00 bits per heavy atom. The molecule has 1 aromatic carbocycles. The molecule has 0 aliphatic rings. The molecule has 0 aliphatic carbocycles. The van der Waals surface area contributed by atoms with Crippen LogP contribution in [0, 0.1) is 0 Å². The number of aromatic nitrogens is 3. The van der Waals surface area contributed by atoms with Crippen LogP contribution in [0.15, 0.2) is 35.0 Å². The van der Waals surface area contributed by atoms with Crippen molar-refractivity contribution in [2.45, 2.75) is 6.61 Å². The molecule has 0 atom stereocenters. The first-order chi connectivity index (χ1) is 12.7. The second-order valence-corrected chi connectivity index (χ2v) is 5.07. The average Bonchev–Trinajstić information content (AvgIpc) is 3.14. The number of hydrogen-bond acceptors (Lipinski definition) is 9. The summed E-state index contributed by atoms with van der Waals surface area (Å²) in [6, 6.07) is 6.92. The summed E-state index contributed by atoms with van der Waals surface area (Å²) in [4.78, 5) is 8.27. The van der Waals surface area contributed by atoms with Crippen LogP contribution >= 0.6 is 0 Å². The molecule has 0 aliphatic heterocycles. The summed E-state index contributed by atoms with van der Waals surface area (Å²) in [5.74, 6) is 2.76. The number of nitrogens with zero attached hydrogens (tertiary/aromatic N) is 3. The quantitative estimate of drug-likeness (QED) is 0.679. The summed E-state index contributed by atoms with van der Waals surface area (Å²) in [5.41, 5.74) is 6.33. The number of nitrogens with two attached hydrogens (primary N) is 1. The molecule has 3 aromatic rings. The Kier molecular flexibility index (Phi) is 5.07. The van der Waals surface area contributed by atoms with Gasteiger partial charge in [0, 0.05) is 6.20 Å². The first-order valence-corrected chi connectivity index (χ1v) is 7.63. The van der Waals surface area contributed by atoms with Crippen molar-refractivity contribution in [2.24, 2.45) is 0 Å². The summed E-state index contributed by atoms with van der Waals surface area (Å²) in [7, 11) is 4.60. The lowest BCUT2D eigenvalue weighted by Crippen LogP contribution is -2.00. The topological polar surface area (TPSA) is 115 Å².